The van der Waals surface area contributed by atoms with Crippen LogP contribution in [0.5, 0.6) is 0 Å². The first-order valence-electron chi connectivity index (χ1n) is 7.04. The fourth-order valence-electron chi connectivity index (χ4n) is 2.37. The van der Waals surface area contributed by atoms with Crippen LogP contribution in [0, 0.1) is 0 Å². The SMILES string of the molecule is OCC1=C[C@H](/N=C\CCc2ccccc2)[C@H](O)C(O)[C@@H]1O. The van der Waals surface area contributed by atoms with E-state index in [0.29, 0.717) is 6.42 Å². The minimum atomic E-state index is -1.33. The van der Waals surface area contributed by atoms with Crippen LogP contribution in [-0.2, 0) is 6.42 Å². The first-order chi connectivity index (χ1) is 10.1. The van der Waals surface area contributed by atoms with Crippen LogP contribution < -0.4 is 0 Å². The Morgan fingerprint density at radius 2 is 1.76 bits per heavy atom. The molecule has 0 amide bonds. The minimum Gasteiger partial charge on any atom is -0.392 e. The van der Waals surface area contributed by atoms with E-state index < -0.39 is 24.4 Å². The molecule has 0 saturated heterocycles. The van der Waals surface area contributed by atoms with Gasteiger partial charge < -0.3 is 20.4 Å². The van der Waals surface area contributed by atoms with Crippen LogP contribution in [0.2, 0.25) is 0 Å². The third-order valence-electron chi connectivity index (χ3n) is 3.65. The molecule has 1 aliphatic rings. The summed E-state index contributed by atoms with van der Waals surface area (Å²) >= 11 is 0. The molecule has 0 radical (unpaired) electrons. The zero-order valence-corrected chi connectivity index (χ0v) is 11.7. The molecule has 5 heteroatoms. The smallest absolute Gasteiger partial charge is 0.112 e. The van der Waals surface area contributed by atoms with Gasteiger partial charge in [0.1, 0.15) is 18.3 Å². The summed E-state index contributed by atoms with van der Waals surface area (Å²) in [6.45, 7) is -0.360. The number of aryl methyl sites for hydroxylation is 1. The molecule has 1 unspecified atom stereocenters. The lowest BCUT2D eigenvalue weighted by molar-refractivity contribution is -0.0592. The topological polar surface area (TPSA) is 93.3 Å². The highest BCUT2D eigenvalue weighted by Crippen LogP contribution is 2.22. The van der Waals surface area contributed by atoms with Crippen molar-refractivity contribution in [1.82, 2.24) is 0 Å². The van der Waals surface area contributed by atoms with Crippen LogP contribution in [0.25, 0.3) is 0 Å². The van der Waals surface area contributed by atoms with Gasteiger partial charge in [0.25, 0.3) is 0 Å². The third-order valence-corrected chi connectivity index (χ3v) is 3.65. The molecule has 114 valence electrons. The van der Waals surface area contributed by atoms with E-state index in [1.54, 1.807) is 6.21 Å². The quantitative estimate of drug-likeness (QED) is 0.456. The van der Waals surface area contributed by atoms with Crippen LogP contribution >= 0.6 is 0 Å². The fraction of sp³-hybridized carbons (Fsp3) is 0.438. The number of nitrogens with zero attached hydrogens (tertiary/aromatic N) is 1. The Balaban J connectivity index is 1.94. The van der Waals surface area contributed by atoms with E-state index in [9.17, 15) is 15.3 Å². The zero-order valence-electron chi connectivity index (χ0n) is 11.7. The molecule has 5 nitrogen and oxygen atoms in total. The molecule has 2 rings (SSSR count). The van der Waals surface area contributed by atoms with Crippen LogP contribution in [-0.4, -0.2) is 57.6 Å². The first-order valence-corrected chi connectivity index (χ1v) is 7.04. The van der Waals surface area contributed by atoms with Crippen molar-refractivity contribution >= 4 is 6.21 Å². The Morgan fingerprint density at radius 1 is 1.05 bits per heavy atom. The highest BCUT2D eigenvalue weighted by molar-refractivity contribution is 5.58. The Bertz CT molecular complexity index is 500. The molecule has 0 bridgehead atoms. The molecule has 0 fully saturated rings. The molecule has 0 aliphatic heterocycles. The summed E-state index contributed by atoms with van der Waals surface area (Å²) < 4.78 is 0. The normalized spacial score (nSPS) is 29.6. The molecule has 4 atom stereocenters. The second-order valence-corrected chi connectivity index (χ2v) is 5.17. The summed E-state index contributed by atoms with van der Waals surface area (Å²) in [4.78, 5) is 4.23. The molecule has 4 N–H and O–H groups in total. The van der Waals surface area contributed by atoms with Gasteiger partial charge in [0, 0.05) is 0 Å². The predicted molar refractivity (Wildman–Crippen MR) is 80.2 cm³/mol. The van der Waals surface area contributed by atoms with Gasteiger partial charge in [-0.3, -0.25) is 4.99 Å². The molecular formula is C16H21NO4. The van der Waals surface area contributed by atoms with Crippen molar-refractivity contribution in [2.24, 2.45) is 4.99 Å². The highest BCUT2D eigenvalue weighted by Gasteiger charge is 2.36. The molecule has 1 aromatic carbocycles. The molecule has 0 spiro atoms. The highest BCUT2D eigenvalue weighted by atomic mass is 16.4. The lowest BCUT2D eigenvalue weighted by Gasteiger charge is -2.32. The van der Waals surface area contributed by atoms with Crippen molar-refractivity contribution < 1.29 is 20.4 Å². The van der Waals surface area contributed by atoms with Gasteiger partial charge in [0.15, 0.2) is 0 Å². The van der Waals surface area contributed by atoms with E-state index in [2.05, 4.69) is 4.99 Å². The number of hydrogen-bond acceptors (Lipinski definition) is 5. The summed E-state index contributed by atoms with van der Waals surface area (Å²) in [5, 5.41) is 38.4. The lowest BCUT2D eigenvalue weighted by Crippen LogP contribution is -2.48. The average molecular weight is 291 g/mol. The predicted octanol–water partition coefficient (Wildman–Crippen LogP) is 0.0736. The summed E-state index contributed by atoms with van der Waals surface area (Å²) in [7, 11) is 0. The van der Waals surface area contributed by atoms with Gasteiger partial charge in [-0.15, -0.1) is 0 Å². The minimum absolute atomic E-state index is 0.290. The van der Waals surface area contributed by atoms with Crippen molar-refractivity contribution in [3.8, 4) is 0 Å². The van der Waals surface area contributed by atoms with Gasteiger partial charge in [0.05, 0.1) is 12.6 Å². The second kappa shape index (κ2) is 7.47. The van der Waals surface area contributed by atoms with Crippen molar-refractivity contribution in [2.75, 3.05) is 6.61 Å². The maximum atomic E-state index is 9.89. The van der Waals surface area contributed by atoms with Crippen molar-refractivity contribution in [3.63, 3.8) is 0 Å². The summed E-state index contributed by atoms with van der Waals surface area (Å²) in [5.74, 6) is 0. The van der Waals surface area contributed by atoms with Gasteiger partial charge in [0.2, 0.25) is 0 Å². The largest absolute Gasteiger partial charge is 0.392 e. The van der Waals surface area contributed by atoms with Crippen LogP contribution in [0.4, 0.5) is 0 Å². The van der Waals surface area contributed by atoms with E-state index in [4.69, 9.17) is 5.11 Å². The van der Waals surface area contributed by atoms with Crippen molar-refractivity contribution in [2.45, 2.75) is 37.2 Å². The number of aliphatic hydroxyl groups excluding tert-OH is 4. The maximum Gasteiger partial charge on any atom is 0.112 e. The van der Waals surface area contributed by atoms with Crippen molar-refractivity contribution in [3.05, 3.63) is 47.5 Å². The van der Waals surface area contributed by atoms with Gasteiger partial charge in [-0.05, 0) is 30.2 Å². The number of aliphatic hydroxyl groups is 4. The Labute approximate surface area is 123 Å². The monoisotopic (exact) mass is 291 g/mol. The third kappa shape index (κ3) is 3.98. The first kappa shape index (κ1) is 15.9. The summed E-state index contributed by atoms with van der Waals surface area (Å²) in [5.41, 5.74) is 1.49. The van der Waals surface area contributed by atoms with Gasteiger partial charge >= 0.3 is 0 Å². The standard InChI is InChI=1S/C16H21NO4/c18-10-12-9-13(15(20)16(21)14(12)19)17-8-4-7-11-5-2-1-3-6-11/h1-3,5-6,8-9,13-16,18-21H,4,7,10H2/b17-8-/t13-,14+,15-,16?/m0/s1. The van der Waals surface area contributed by atoms with Crippen LogP contribution in [0.3, 0.4) is 0 Å². The molecular weight excluding hydrogens is 270 g/mol. The molecule has 0 aromatic heterocycles. The van der Waals surface area contributed by atoms with Crippen molar-refractivity contribution in [1.29, 1.82) is 0 Å². The molecule has 0 saturated carbocycles. The number of hydrogen-bond donors (Lipinski definition) is 4. The molecule has 21 heavy (non-hydrogen) atoms. The second-order valence-electron chi connectivity index (χ2n) is 5.17. The summed E-state index contributed by atoms with van der Waals surface area (Å²) in [6, 6.07) is 9.35. The van der Waals surface area contributed by atoms with E-state index in [1.807, 2.05) is 30.3 Å². The molecule has 1 aromatic rings. The number of benzene rings is 1. The van der Waals surface area contributed by atoms with Crippen LogP contribution in [0.15, 0.2) is 47.0 Å². The Kier molecular flexibility index (Phi) is 5.64. The van der Waals surface area contributed by atoms with Gasteiger partial charge in [-0.1, -0.05) is 36.4 Å². The van der Waals surface area contributed by atoms with Gasteiger partial charge in [-0.2, -0.15) is 0 Å². The van der Waals surface area contributed by atoms with E-state index in [-0.39, 0.29) is 12.2 Å². The molecule has 0 heterocycles. The maximum absolute atomic E-state index is 9.89. The van der Waals surface area contributed by atoms with Crippen LogP contribution in [0.1, 0.15) is 12.0 Å². The van der Waals surface area contributed by atoms with Gasteiger partial charge in [-0.25, -0.2) is 0 Å². The zero-order chi connectivity index (χ0) is 15.2. The van der Waals surface area contributed by atoms with E-state index >= 15 is 0 Å². The number of aliphatic imine (C=N–C) groups is 1. The fourth-order valence-corrected chi connectivity index (χ4v) is 2.37. The Morgan fingerprint density at radius 3 is 2.43 bits per heavy atom. The Hall–Kier alpha value is -1.53. The average Bonchev–Trinajstić information content (AvgIpc) is 2.52. The van der Waals surface area contributed by atoms with E-state index in [0.717, 1.165) is 6.42 Å². The van der Waals surface area contributed by atoms with E-state index in [1.165, 1.54) is 11.6 Å². The molecule has 1 aliphatic carbocycles. The summed E-state index contributed by atoms with van der Waals surface area (Å²) in [6.07, 6.45) is 1.05. The number of rotatable bonds is 5. The lowest BCUT2D eigenvalue weighted by atomic mass is 9.88.